The molecule has 2 atom stereocenters. The van der Waals surface area contributed by atoms with E-state index in [9.17, 15) is 41.8 Å². The molecule has 24 heteroatoms. The minimum absolute atomic E-state index is 0. The number of rotatable bonds is 7. The smallest absolute Gasteiger partial charge is 1.00 e. The van der Waals surface area contributed by atoms with Gasteiger partial charge in [-0.05, 0) is 125 Å². The third kappa shape index (κ3) is 20.7. The molecule has 6 rings (SSSR count). The van der Waals surface area contributed by atoms with Gasteiger partial charge in [-0.3, -0.25) is 14.6 Å². The maximum Gasteiger partial charge on any atom is 1.00 e. The first kappa shape index (κ1) is 70.3. The van der Waals surface area contributed by atoms with E-state index in [2.05, 4.69) is 20.8 Å². The van der Waals surface area contributed by atoms with Gasteiger partial charge in [-0.15, -0.1) is 0 Å². The fraction of sp³-hybridized carbons (Fsp3) is 0.396. The van der Waals surface area contributed by atoms with E-state index >= 15 is 0 Å². The Balaban J connectivity index is 0. The Kier molecular flexibility index (Phi) is 32.0. The van der Waals surface area contributed by atoms with Gasteiger partial charge in [-0.25, -0.2) is 36.7 Å². The van der Waals surface area contributed by atoms with Crippen LogP contribution in [0.3, 0.4) is 0 Å². The number of phenols is 1. The van der Waals surface area contributed by atoms with Crippen molar-refractivity contribution in [2.75, 3.05) is 27.3 Å². The van der Waals surface area contributed by atoms with Gasteiger partial charge in [0.2, 0.25) is 0 Å². The SMILES string of the molecule is C.COC(=O)[C@H]1c2ccc(O)cc2CCN1C(=O)OC(C)(C)C.COC(=O)[C@H]1c2ccc(OCc3c(F)ccc(Cl)c3F)cc2CCN1C(=O)OC(C)(C)C.Fc1ccc(Cl)c(F)c1CBr.O=CO[O-].[Cs+].[Cs+].[H-]. The van der Waals surface area contributed by atoms with E-state index in [0.717, 1.165) is 29.3 Å². The number of phenolic OH excluding ortho intramolecular Hbond substituents is 1. The molecule has 4 aromatic rings. The second-order valence-electron chi connectivity index (χ2n) is 16.7. The number of alkyl halides is 1. The molecule has 2 aliphatic heterocycles. The molecule has 0 aromatic heterocycles. The van der Waals surface area contributed by atoms with Gasteiger partial charge < -0.3 is 40.4 Å². The number of amides is 2. The first-order valence-electron chi connectivity index (χ1n) is 20.6. The minimum Gasteiger partial charge on any atom is -1.00 e. The number of hydrogen-bond acceptors (Lipinski definition) is 13. The number of esters is 2. The first-order valence-corrected chi connectivity index (χ1v) is 22.5. The predicted octanol–water partition coefficient (Wildman–Crippen LogP) is 4.31. The molecule has 0 saturated heterocycles. The van der Waals surface area contributed by atoms with Crippen molar-refractivity contribution in [1.82, 2.24) is 9.80 Å². The van der Waals surface area contributed by atoms with Gasteiger partial charge in [-0.1, -0.05) is 58.7 Å². The van der Waals surface area contributed by atoms with Crippen LogP contribution in [-0.4, -0.2) is 84.0 Å². The van der Waals surface area contributed by atoms with E-state index < -0.39 is 70.7 Å². The molecule has 2 amide bonds. The number of fused-ring (bicyclic) bond motifs is 2. The van der Waals surface area contributed by atoms with E-state index in [4.69, 9.17) is 56.9 Å². The van der Waals surface area contributed by atoms with Crippen molar-refractivity contribution in [2.45, 2.75) is 97.0 Å². The molecule has 0 unspecified atom stereocenters. The van der Waals surface area contributed by atoms with Crippen LogP contribution in [0, 0.1) is 23.3 Å². The number of nitrogens with zero attached hydrogens (tertiary/aromatic N) is 2. The Morgan fingerprint density at radius 1 is 0.736 bits per heavy atom. The summed E-state index contributed by atoms with van der Waals surface area (Å²) in [6, 6.07) is 12.3. The minimum atomic E-state index is -0.976. The predicted molar refractivity (Wildman–Crippen MR) is 252 cm³/mol. The second kappa shape index (κ2) is 32.8. The third-order valence-electron chi connectivity index (χ3n) is 9.64. The van der Waals surface area contributed by atoms with E-state index in [0.29, 0.717) is 36.3 Å². The van der Waals surface area contributed by atoms with Crippen LogP contribution in [0.2, 0.25) is 10.0 Å². The number of carbonyl (C=O) groups excluding carboxylic acids is 5. The van der Waals surface area contributed by atoms with Gasteiger partial charge in [-0.2, -0.15) is 0 Å². The first-order chi connectivity index (χ1) is 32.3. The summed E-state index contributed by atoms with van der Waals surface area (Å²) in [5.74, 6) is -3.55. The summed E-state index contributed by atoms with van der Waals surface area (Å²) in [7, 11) is 2.53. The number of hydrogen-bond donors (Lipinski definition) is 1. The molecule has 15 nitrogen and oxygen atoms in total. The van der Waals surface area contributed by atoms with Crippen LogP contribution in [0.15, 0.2) is 60.7 Å². The maximum absolute atomic E-state index is 14.1. The molecule has 0 saturated carbocycles. The number of methoxy groups -OCH3 is 2. The summed E-state index contributed by atoms with van der Waals surface area (Å²) in [4.78, 5) is 63.7. The molecule has 0 radical (unpaired) electrons. The third-order valence-corrected chi connectivity index (χ3v) is 10.8. The number of aromatic hydroxyl groups is 1. The van der Waals surface area contributed by atoms with Crippen molar-refractivity contribution in [3.8, 4) is 11.5 Å². The average Bonchev–Trinajstić information content (AvgIpc) is 3.29. The zero-order chi connectivity index (χ0) is 52.0. The zero-order valence-electron chi connectivity index (χ0n) is 41.6. The van der Waals surface area contributed by atoms with Crippen LogP contribution in [0.4, 0.5) is 27.2 Å². The van der Waals surface area contributed by atoms with Gasteiger partial charge in [0, 0.05) is 24.0 Å². The van der Waals surface area contributed by atoms with Crippen molar-refractivity contribution in [3.05, 3.63) is 127 Å². The molecule has 0 bridgehead atoms. The maximum atomic E-state index is 14.1. The normalized spacial score (nSPS) is 14.2. The van der Waals surface area contributed by atoms with Crippen LogP contribution in [0.5, 0.6) is 11.5 Å². The van der Waals surface area contributed by atoms with Crippen molar-refractivity contribution >= 4 is 69.7 Å². The van der Waals surface area contributed by atoms with Crippen LogP contribution < -0.4 is 148 Å². The van der Waals surface area contributed by atoms with Crippen molar-refractivity contribution in [1.29, 1.82) is 0 Å². The monoisotopic (exact) mass is 1360 g/mol. The molecule has 0 spiro atoms. The summed E-state index contributed by atoms with van der Waals surface area (Å²) >= 11 is 14.1. The van der Waals surface area contributed by atoms with Gasteiger partial charge in [0.05, 0.1) is 29.8 Å². The quantitative estimate of drug-likeness (QED) is 0.0403. The average molecular weight is 1360 g/mol. The molecular formula is C48H55BrCl2Cs2F4N2O13. The molecule has 1 N–H and O–H groups in total. The van der Waals surface area contributed by atoms with E-state index in [1.54, 1.807) is 71.9 Å². The van der Waals surface area contributed by atoms with Gasteiger partial charge >= 0.3 is 162 Å². The van der Waals surface area contributed by atoms with E-state index in [1.165, 1.54) is 36.2 Å². The number of ether oxygens (including phenoxy) is 5. The summed E-state index contributed by atoms with van der Waals surface area (Å²) < 4.78 is 79.7. The Morgan fingerprint density at radius 3 is 1.53 bits per heavy atom. The van der Waals surface area contributed by atoms with Crippen molar-refractivity contribution in [2.24, 2.45) is 0 Å². The fourth-order valence-corrected chi connectivity index (χ4v) is 7.49. The molecule has 4 aromatic carbocycles. The zero-order valence-corrected chi connectivity index (χ0v) is 56.3. The van der Waals surface area contributed by atoms with Crippen LogP contribution in [0.1, 0.15) is 95.9 Å². The van der Waals surface area contributed by atoms with Gasteiger partial charge in [0.15, 0.2) is 17.9 Å². The number of carbonyl (C=O) groups is 5. The topological polar surface area (TPSA) is 190 Å². The largest absolute Gasteiger partial charge is 1.00 e. The van der Waals surface area contributed by atoms with Crippen molar-refractivity contribution in [3.63, 3.8) is 0 Å². The van der Waals surface area contributed by atoms with Crippen LogP contribution in [0.25, 0.3) is 0 Å². The standard InChI is InChI=1S/C23H24ClF2NO5.C16H21NO5.C7H4BrClF2.CH2O3.CH4.2Cs.H/c1-23(2,3)32-22(29)27-10-9-13-11-14(5-6-15(13)20(27)21(28)30-4)31-12-16-18(25)8-7-17(24)19(16)26;1-16(2,3)22-15(20)17-8-7-10-9-11(18)5-6-12(10)13(17)14(19)21-4;8-3-4-6(10)2-1-5(9)7(4)11;2-1-4-3;;;;/h5-8,11,20H,9-10,12H2,1-4H3;5-6,9,13,18H,7-8H2,1-4H3;1-2H,3H2;1,3H;1H4;;;/q;;;;;2*+1;-1/p-1/t20-;13-;;;;;;/m11....../s1. The fourth-order valence-electron chi connectivity index (χ4n) is 6.62. The molecular weight excluding hydrogens is 1310 g/mol. The van der Waals surface area contributed by atoms with Crippen molar-refractivity contribution < 1.29 is 220 Å². The summed E-state index contributed by atoms with van der Waals surface area (Å²) in [5, 5.41) is 17.9. The molecule has 0 aliphatic carbocycles. The molecule has 2 heterocycles. The van der Waals surface area contributed by atoms with Crippen LogP contribution >= 0.6 is 39.1 Å². The molecule has 72 heavy (non-hydrogen) atoms. The van der Waals surface area contributed by atoms with Gasteiger partial charge in [0.1, 0.15) is 46.8 Å². The Bertz CT molecular complexity index is 2490. The van der Waals surface area contributed by atoms with E-state index in [-0.39, 0.29) is 199 Å². The summed E-state index contributed by atoms with van der Waals surface area (Å²) in [6.07, 6.45) is -0.206. The Hall–Kier alpha value is -1.73. The molecule has 0 fully saturated rings. The van der Waals surface area contributed by atoms with Crippen LogP contribution in [-0.2, 0) is 63.0 Å². The molecule has 386 valence electrons. The number of halogens is 7. The molecule has 2 aliphatic rings. The van der Waals surface area contributed by atoms with E-state index in [1.807, 2.05) is 0 Å². The summed E-state index contributed by atoms with van der Waals surface area (Å²) in [5.41, 5.74) is 1.13. The number of benzene rings is 4. The second-order valence-corrected chi connectivity index (χ2v) is 18.1. The van der Waals surface area contributed by atoms with Gasteiger partial charge in [0.25, 0.3) is 6.47 Å². The Labute approximate surface area is 553 Å². The summed E-state index contributed by atoms with van der Waals surface area (Å²) in [6.45, 7) is 10.5. The Morgan fingerprint density at radius 2 is 1.14 bits per heavy atom.